The predicted molar refractivity (Wildman–Crippen MR) is 90.6 cm³/mol. The second-order valence-corrected chi connectivity index (χ2v) is 7.86. The molecule has 0 fully saturated rings. The number of aliphatic carboxylic acids is 1. The number of halogens is 1. The fourth-order valence-corrected chi connectivity index (χ4v) is 3.50. The maximum Gasteiger partial charge on any atom is 0.311 e. The average molecular weight is 386 g/mol. The lowest BCUT2D eigenvalue weighted by Crippen LogP contribution is -2.30. The van der Waals surface area contributed by atoms with E-state index in [4.69, 9.17) is 21.1 Å². The quantitative estimate of drug-likeness (QED) is 0.754. The number of carboxylic acid groups (broad SMARTS) is 1. The van der Waals surface area contributed by atoms with Gasteiger partial charge in [-0.3, -0.25) is 9.59 Å². The van der Waals surface area contributed by atoms with Crippen LogP contribution in [0.1, 0.15) is 21.7 Å². The van der Waals surface area contributed by atoms with Crippen molar-refractivity contribution in [2.75, 3.05) is 12.3 Å². The molecule has 0 bridgehead atoms. The molecule has 0 aliphatic rings. The second-order valence-electron chi connectivity index (χ2n) is 5.32. The topological polar surface area (TPSA) is 114 Å². The van der Waals surface area contributed by atoms with Crippen LogP contribution in [-0.2, 0) is 21.1 Å². The lowest BCUT2D eigenvalue weighted by molar-refractivity contribution is -0.136. The van der Waals surface area contributed by atoms with Crippen LogP contribution in [0.2, 0.25) is 5.02 Å². The van der Waals surface area contributed by atoms with Gasteiger partial charge >= 0.3 is 5.97 Å². The Labute approximate surface area is 149 Å². The summed E-state index contributed by atoms with van der Waals surface area (Å²) in [7, 11) is -3.57. The van der Waals surface area contributed by atoms with Crippen molar-refractivity contribution in [1.82, 2.24) is 5.32 Å². The van der Waals surface area contributed by atoms with Crippen molar-refractivity contribution in [2.45, 2.75) is 18.2 Å². The number of rotatable bonds is 7. The summed E-state index contributed by atoms with van der Waals surface area (Å²) in [6, 6.07) is 5.73. The first-order valence-electron chi connectivity index (χ1n) is 7.26. The Hall–Kier alpha value is -2.32. The molecule has 9 heteroatoms. The van der Waals surface area contributed by atoms with E-state index in [1.165, 1.54) is 30.5 Å². The normalized spacial score (nSPS) is 11.3. The van der Waals surface area contributed by atoms with Crippen LogP contribution in [0.15, 0.2) is 39.8 Å². The van der Waals surface area contributed by atoms with Gasteiger partial charge in [-0.1, -0.05) is 11.6 Å². The Kier molecular flexibility index (Phi) is 5.86. The van der Waals surface area contributed by atoms with Crippen LogP contribution in [0, 0.1) is 6.92 Å². The molecule has 7 nitrogen and oxygen atoms in total. The highest BCUT2D eigenvalue weighted by Crippen LogP contribution is 2.18. The van der Waals surface area contributed by atoms with Gasteiger partial charge in [0, 0.05) is 17.1 Å². The molecule has 0 aliphatic heterocycles. The van der Waals surface area contributed by atoms with Gasteiger partial charge in [-0.15, -0.1) is 0 Å². The van der Waals surface area contributed by atoms with Crippen molar-refractivity contribution in [1.29, 1.82) is 0 Å². The highest BCUT2D eigenvalue weighted by molar-refractivity contribution is 7.91. The Morgan fingerprint density at radius 3 is 2.48 bits per heavy atom. The van der Waals surface area contributed by atoms with Crippen LogP contribution in [0.25, 0.3) is 0 Å². The second kappa shape index (κ2) is 7.71. The zero-order valence-electron chi connectivity index (χ0n) is 13.3. The van der Waals surface area contributed by atoms with E-state index in [0.29, 0.717) is 10.6 Å². The molecule has 1 amide bonds. The van der Waals surface area contributed by atoms with Crippen molar-refractivity contribution < 1.29 is 27.5 Å². The Balaban J connectivity index is 2.02. The minimum atomic E-state index is -3.57. The molecule has 134 valence electrons. The minimum Gasteiger partial charge on any atom is -0.481 e. The van der Waals surface area contributed by atoms with Gasteiger partial charge in [-0.05, 0) is 31.2 Å². The molecule has 2 N–H and O–H groups in total. The first-order chi connectivity index (χ1) is 11.7. The fourth-order valence-electron chi connectivity index (χ4n) is 2.22. The minimum absolute atomic E-state index is 0.0306. The average Bonchev–Trinajstić information content (AvgIpc) is 2.87. The molecule has 0 atom stereocenters. The van der Waals surface area contributed by atoms with E-state index in [9.17, 15) is 18.0 Å². The van der Waals surface area contributed by atoms with E-state index in [-0.39, 0.29) is 28.5 Å². The molecule has 0 aliphatic carbocycles. The van der Waals surface area contributed by atoms with Gasteiger partial charge in [0.05, 0.1) is 22.5 Å². The first-order valence-corrected chi connectivity index (χ1v) is 9.29. The number of carbonyl (C=O) groups excluding carboxylic acids is 1. The van der Waals surface area contributed by atoms with Crippen LogP contribution >= 0.6 is 11.6 Å². The highest BCUT2D eigenvalue weighted by atomic mass is 35.5. The summed E-state index contributed by atoms with van der Waals surface area (Å²) in [4.78, 5) is 23.1. The summed E-state index contributed by atoms with van der Waals surface area (Å²) in [6.45, 7) is 1.48. The smallest absolute Gasteiger partial charge is 0.311 e. The van der Waals surface area contributed by atoms with Gasteiger partial charge in [0.1, 0.15) is 12.2 Å². The van der Waals surface area contributed by atoms with E-state index in [1.807, 2.05) is 0 Å². The molecule has 2 aromatic rings. The fraction of sp³-hybridized carbons (Fsp3) is 0.250. The largest absolute Gasteiger partial charge is 0.481 e. The summed E-state index contributed by atoms with van der Waals surface area (Å²) in [6.07, 6.45) is 0.858. The lowest BCUT2D eigenvalue weighted by atomic mass is 10.1. The molecule has 0 spiro atoms. The van der Waals surface area contributed by atoms with Gasteiger partial charge in [0.15, 0.2) is 9.84 Å². The van der Waals surface area contributed by atoms with Crippen molar-refractivity contribution in [2.24, 2.45) is 0 Å². The van der Waals surface area contributed by atoms with Crippen molar-refractivity contribution in [3.63, 3.8) is 0 Å². The number of hydrogen-bond acceptors (Lipinski definition) is 5. The van der Waals surface area contributed by atoms with E-state index in [0.717, 1.165) is 0 Å². The molecule has 0 saturated heterocycles. The maximum absolute atomic E-state index is 12.2. The Bertz CT molecular complexity index is 886. The van der Waals surface area contributed by atoms with Crippen LogP contribution < -0.4 is 5.32 Å². The zero-order chi connectivity index (χ0) is 18.6. The summed E-state index contributed by atoms with van der Waals surface area (Å²) in [5.74, 6) is -1.98. The number of aryl methyl sites for hydroxylation is 1. The molecule has 1 aromatic heterocycles. The number of carbonyl (C=O) groups is 2. The first kappa shape index (κ1) is 19.0. The van der Waals surface area contributed by atoms with E-state index in [2.05, 4.69) is 5.32 Å². The lowest BCUT2D eigenvalue weighted by Gasteiger charge is -2.07. The third kappa shape index (κ3) is 4.83. The number of benzene rings is 1. The maximum atomic E-state index is 12.2. The zero-order valence-corrected chi connectivity index (χ0v) is 14.9. The number of amides is 1. The number of sulfone groups is 1. The highest BCUT2D eigenvalue weighted by Gasteiger charge is 2.21. The van der Waals surface area contributed by atoms with E-state index in [1.54, 1.807) is 6.92 Å². The van der Waals surface area contributed by atoms with Crippen molar-refractivity contribution in [3.8, 4) is 0 Å². The number of furan rings is 1. The molecule has 0 radical (unpaired) electrons. The van der Waals surface area contributed by atoms with E-state index < -0.39 is 28.1 Å². The molecule has 1 heterocycles. The predicted octanol–water partition coefficient (Wildman–Crippen LogP) is 2.07. The molecule has 2 rings (SSSR count). The number of carboxylic acids is 1. The summed E-state index contributed by atoms with van der Waals surface area (Å²) < 4.78 is 29.5. The van der Waals surface area contributed by atoms with Crippen molar-refractivity contribution >= 4 is 33.3 Å². The van der Waals surface area contributed by atoms with Gasteiger partial charge in [0.25, 0.3) is 5.91 Å². The van der Waals surface area contributed by atoms with Crippen LogP contribution in [0.5, 0.6) is 0 Å². The van der Waals surface area contributed by atoms with Crippen LogP contribution in [0.3, 0.4) is 0 Å². The van der Waals surface area contributed by atoms with Crippen LogP contribution in [0.4, 0.5) is 0 Å². The monoisotopic (exact) mass is 385 g/mol. The molecular formula is C16H16ClNO6S. The van der Waals surface area contributed by atoms with Crippen molar-refractivity contribution in [3.05, 3.63) is 52.4 Å². The number of nitrogens with one attached hydrogen (secondary N) is 1. The summed E-state index contributed by atoms with van der Waals surface area (Å²) in [5.41, 5.74) is 0.598. The molecule has 0 unspecified atom stereocenters. The third-order valence-corrected chi connectivity index (χ3v) is 5.40. The van der Waals surface area contributed by atoms with Crippen LogP contribution in [-0.4, -0.2) is 37.7 Å². The SMILES string of the molecule is Cc1coc(CC(=O)O)c1C(=O)NCCS(=O)(=O)c1ccc(Cl)cc1. The Morgan fingerprint density at radius 2 is 1.88 bits per heavy atom. The molecule has 25 heavy (non-hydrogen) atoms. The standard InChI is InChI=1S/C16H16ClNO6S/c1-10-9-24-13(8-14(19)20)15(10)16(21)18-6-7-25(22,23)12-4-2-11(17)3-5-12/h2-5,9H,6-8H2,1H3,(H,18,21)(H,19,20). The van der Waals surface area contributed by atoms with Gasteiger partial charge < -0.3 is 14.8 Å². The van der Waals surface area contributed by atoms with Gasteiger partial charge in [0.2, 0.25) is 0 Å². The Morgan fingerprint density at radius 1 is 1.24 bits per heavy atom. The van der Waals surface area contributed by atoms with E-state index >= 15 is 0 Å². The summed E-state index contributed by atoms with van der Waals surface area (Å²) >= 11 is 5.73. The van der Waals surface area contributed by atoms with Gasteiger partial charge in [-0.2, -0.15) is 0 Å². The molecular weight excluding hydrogens is 370 g/mol. The third-order valence-electron chi connectivity index (χ3n) is 3.42. The number of hydrogen-bond donors (Lipinski definition) is 2. The molecule has 1 aromatic carbocycles. The molecule has 0 saturated carbocycles. The van der Waals surface area contributed by atoms with Gasteiger partial charge in [-0.25, -0.2) is 8.42 Å². The summed E-state index contributed by atoms with van der Waals surface area (Å²) in [5, 5.41) is 11.7.